The van der Waals surface area contributed by atoms with E-state index in [9.17, 15) is 14.3 Å². The molecule has 35 heavy (non-hydrogen) atoms. The van der Waals surface area contributed by atoms with Crippen LogP contribution in [0.25, 0.3) is 0 Å². The molecule has 0 unspecified atom stereocenters. The number of nitrogens with zero attached hydrogens (tertiary/aromatic N) is 1. The summed E-state index contributed by atoms with van der Waals surface area (Å²) in [5, 5.41) is 14.6. The third-order valence-electron chi connectivity index (χ3n) is 4.93. The van der Waals surface area contributed by atoms with Gasteiger partial charge in [0.1, 0.15) is 37.6 Å². The minimum absolute atomic E-state index is 0. The number of methoxy groups -OCH3 is 1. The number of aryl methyl sites for hydroxylation is 1. The van der Waals surface area contributed by atoms with Gasteiger partial charge in [0, 0.05) is 17.6 Å². The molecule has 0 aliphatic heterocycles. The molecule has 0 bridgehead atoms. The van der Waals surface area contributed by atoms with Crippen molar-refractivity contribution in [2.75, 3.05) is 20.8 Å². The Bertz CT molecular complexity index is 1140. The zero-order valence-corrected chi connectivity index (χ0v) is 22.0. The van der Waals surface area contributed by atoms with Crippen molar-refractivity contribution in [3.05, 3.63) is 89.2 Å². The van der Waals surface area contributed by atoms with Crippen LogP contribution in [0.2, 0.25) is 0 Å². The van der Waals surface area contributed by atoms with Crippen molar-refractivity contribution in [2.45, 2.75) is 19.4 Å². The molecule has 0 heterocycles. The van der Waals surface area contributed by atoms with Crippen LogP contribution in [0.1, 0.15) is 23.1 Å². The van der Waals surface area contributed by atoms with E-state index in [0.29, 0.717) is 28.5 Å². The Morgan fingerprint density at radius 2 is 1.74 bits per heavy atom. The fourth-order valence-electron chi connectivity index (χ4n) is 3.19. The second-order valence-electron chi connectivity index (χ2n) is 7.27. The number of hydrogen-bond donors (Lipinski definition) is 0. The van der Waals surface area contributed by atoms with E-state index in [-0.39, 0.29) is 55.6 Å². The summed E-state index contributed by atoms with van der Waals surface area (Å²) in [6.07, 6.45) is -0.177. The van der Waals surface area contributed by atoms with Gasteiger partial charge in [0.15, 0.2) is 11.5 Å². The van der Waals surface area contributed by atoms with Crippen LogP contribution in [0.4, 0.5) is 4.39 Å². The first-order valence-corrected chi connectivity index (χ1v) is 10.6. The van der Waals surface area contributed by atoms with Gasteiger partial charge in [-0.15, -0.1) is 0 Å². The summed E-state index contributed by atoms with van der Waals surface area (Å²) < 4.78 is 31.2. The molecule has 0 N–H and O–H groups in total. The molecule has 3 rings (SSSR count). The number of carbonyl (C=O) groups is 1. The maximum Gasteiger partial charge on any atom is 1.00 e. The monoisotopic (exact) mass is 489 g/mol. The molecule has 0 saturated heterocycles. The molecule has 0 aliphatic carbocycles. The Morgan fingerprint density at radius 3 is 2.40 bits per heavy atom. The van der Waals surface area contributed by atoms with E-state index >= 15 is 0 Å². The van der Waals surface area contributed by atoms with Crippen molar-refractivity contribution in [3.63, 3.8) is 0 Å². The number of carboxylic acid groups (broad SMARTS) is 1. The number of ether oxygens (including phenoxy) is 3. The van der Waals surface area contributed by atoms with Crippen molar-refractivity contribution in [2.24, 2.45) is 5.16 Å². The molecular formula is C26H25FNNaO6. The summed E-state index contributed by atoms with van der Waals surface area (Å²) in [6, 6.07) is 19.3. The molecule has 0 amide bonds. The summed E-state index contributed by atoms with van der Waals surface area (Å²) in [7, 11) is 3.01. The fraction of sp³-hybridized carbons (Fsp3) is 0.231. The zero-order valence-electron chi connectivity index (χ0n) is 20.0. The van der Waals surface area contributed by atoms with Crippen molar-refractivity contribution in [1.82, 2.24) is 0 Å². The molecule has 178 valence electrons. The van der Waals surface area contributed by atoms with E-state index in [1.165, 1.54) is 26.4 Å². The number of carboxylic acids is 1. The van der Waals surface area contributed by atoms with Crippen LogP contribution in [0.3, 0.4) is 0 Å². The van der Waals surface area contributed by atoms with Crippen LogP contribution >= 0.6 is 0 Å². The smallest absolute Gasteiger partial charge is 0.550 e. The van der Waals surface area contributed by atoms with Gasteiger partial charge in [0.25, 0.3) is 0 Å². The van der Waals surface area contributed by atoms with Gasteiger partial charge in [-0.2, -0.15) is 0 Å². The summed E-state index contributed by atoms with van der Waals surface area (Å²) in [6.45, 7) is 0.350. The number of benzene rings is 3. The second kappa shape index (κ2) is 14.4. The number of carbonyl (C=O) groups excluding carboxylic acids is 1. The Morgan fingerprint density at radius 1 is 0.971 bits per heavy atom. The normalized spacial score (nSPS) is 10.8. The average molecular weight is 489 g/mol. The Balaban J connectivity index is 0.00000432. The van der Waals surface area contributed by atoms with Crippen molar-refractivity contribution in [1.29, 1.82) is 0 Å². The van der Waals surface area contributed by atoms with E-state index in [0.717, 1.165) is 11.1 Å². The first-order valence-electron chi connectivity index (χ1n) is 10.6. The Kier molecular flexibility index (Phi) is 11.6. The van der Waals surface area contributed by atoms with E-state index in [1.54, 1.807) is 18.2 Å². The molecule has 7 nitrogen and oxygen atoms in total. The fourth-order valence-corrected chi connectivity index (χ4v) is 3.19. The molecule has 3 aromatic carbocycles. The minimum Gasteiger partial charge on any atom is -0.550 e. The molecule has 0 radical (unpaired) electrons. The van der Waals surface area contributed by atoms with Crippen LogP contribution in [0.15, 0.2) is 71.9 Å². The van der Waals surface area contributed by atoms with Gasteiger partial charge >= 0.3 is 29.6 Å². The molecule has 9 heteroatoms. The van der Waals surface area contributed by atoms with Crippen molar-refractivity contribution in [3.8, 4) is 17.2 Å². The third kappa shape index (κ3) is 8.58. The van der Waals surface area contributed by atoms with Crippen molar-refractivity contribution < 1.29 is 62.9 Å². The van der Waals surface area contributed by atoms with E-state index < -0.39 is 11.8 Å². The molecule has 0 atom stereocenters. The van der Waals surface area contributed by atoms with Gasteiger partial charge in [-0.3, -0.25) is 0 Å². The number of rotatable bonds is 12. The zero-order chi connectivity index (χ0) is 24.3. The maximum atomic E-state index is 14.2. The summed E-state index contributed by atoms with van der Waals surface area (Å²) >= 11 is 0. The van der Waals surface area contributed by atoms with Gasteiger partial charge in [-0.1, -0.05) is 47.6 Å². The van der Waals surface area contributed by atoms with E-state index in [1.807, 2.05) is 36.4 Å². The standard InChI is InChI=1S/C26H26FNO6.Na/c1-31-25-14-18(16-33-21-11-9-19(22(27)15-21)10-13-26(29)30)8-12-24(25)34-17-23(28-32-2)20-6-4-3-5-7-20;/h3-9,11-12,14-15H,10,13,16-17H2,1-2H3,(H,29,30);/q;+1/p-1. The number of oxime groups is 1. The quantitative estimate of drug-likeness (QED) is 0.210. The first kappa shape index (κ1) is 28.2. The van der Waals surface area contributed by atoms with Gasteiger partial charge in [-0.25, -0.2) is 4.39 Å². The third-order valence-corrected chi connectivity index (χ3v) is 4.93. The number of hydrogen-bond acceptors (Lipinski definition) is 7. The van der Waals surface area contributed by atoms with Gasteiger partial charge in [-0.05, 0) is 42.2 Å². The van der Waals surface area contributed by atoms with Gasteiger partial charge in [0.2, 0.25) is 0 Å². The van der Waals surface area contributed by atoms with Crippen LogP contribution in [0.5, 0.6) is 17.2 Å². The van der Waals surface area contributed by atoms with E-state index in [2.05, 4.69) is 5.16 Å². The van der Waals surface area contributed by atoms with Gasteiger partial charge < -0.3 is 28.9 Å². The van der Waals surface area contributed by atoms with Crippen molar-refractivity contribution >= 4 is 11.7 Å². The summed E-state index contributed by atoms with van der Waals surface area (Å²) in [4.78, 5) is 15.5. The number of halogens is 1. The maximum absolute atomic E-state index is 14.2. The summed E-state index contributed by atoms with van der Waals surface area (Å²) in [5.74, 6) is -0.378. The van der Waals surface area contributed by atoms with E-state index in [4.69, 9.17) is 19.0 Å². The largest absolute Gasteiger partial charge is 1.00 e. The Labute approximate surface area is 225 Å². The molecule has 0 spiro atoms. The topological polar surface area (TPSA) is 89.4 Å². The molecule has 0 fully saturated rings. The summed E-state index contributed by atoms with van der Waals surface area (Å²) in [5.41, 5.74) is 2.60. The van der Waals surface area contributed by atoms with Crippen LogP contribution in [-0.2, 0) is 22.7 Å². The second-order valence-corrected chi connectivity index (χ2v) is 7.27. The predicted molar refractivity (Wildman–Crippen MR) is 123 cm³/mol. The van der Waals surface area contributed by atoms with Gasteiger partial charge in [0.05, 0.1) is 7.11 Å². The first-order chi connectivity index (χ1) is 16.5. The number of aliphatic carboxylic acids is 1. The molecule has 0 aliphatic rings. The molecule has 3 aromatic rings. The molecule has 0 saturated carbocycles. The minimum atomic E-state index is -1.22. The predicted octanol–water partition coefficient (Wildman–Crippen LogP) is 0.529. The Hall–Kier alpha value is -3.07. The SMILES string of the molecule is CON=C(COc1ccc(COc2ccc(CCC(=O)[O-])c(F)c2)cc1OC)c1ccccc1.[Na+]. The molecule has 0 aromatic heterocycles. The van der Waals surface area contributed by atoms with Crippen LogP contribution in [0, 0.1) is 5.82 Å². The molecular weight excluding hydrogens is 464 g/mol. The van der Waals surface area contributed by atoms with Crippen LogP contribution < -0.4 is 48.9 Å². The van der Waals surface area contributed by atoms with Crippen LogP contribution in [-0.4, -0.2) is 32.5 Å². The average Bonchev–Trinajstić information content (AvgIpc) is 2.85.